The van der Waals surface area contributed by atoms with E-state index in [0.29, 0.717) is 23.5 Å². The van der Waals surface area contributed by atoms with Gasteiger partial charge in [-0.3, -0.25) is 4.68 Å². The first kappa shape index (κ1) is 22.6. The van der Waals surface area contributed by atoms with E-state index in [0.717, 1.165) is 0 Å². The highest BCUT2D eigenvalue weighted by atomic mass is 32.2. The Bertz CT molecular complexity index is 897. The molecule has 2 rings (SSSR count). The van der Waals surface area contributed by atoms with Gasteiger partial charge in [-0.1, -0.05) is 51.1 Å². The van der Waals surface area contributed by atoms with Gasteiger partial charge in [-0.05, 0) is 38.7 Å². The molecule has 0 unspecified atom stereocenters. The number of nitrogens with zero attached hydrogens (tertiary/aromatic N) is 3. The summed E-state index contributed by atoms with van der Waals surface area (Å²) in [5.74, 6) is 0. The molecule has 0 saturated carbocycles. The number of aliphatic hydroxyl groups excluding tert-OH is 1. The van der Waals surface area contributed by atoms with Gasteiger partial charge in [0.15, 0.2) is 0 Å². The van der Waals surface area contributed by atoms with Gasteiger partial charge in [-0.15, -0.1) is 0 Å². The maximum Gasteiger partial charge on any atom is 0.246 e. The number of hydrogen-bond acceptors (Lipinski definition) is 4. The summed E-state index contributed by atoms with van der Waals surface area (Å²) in [5.41, 5.74) is 1.54. The van der Waals surface area contributed by atoms with Gasteiger partial charge in [0, 0.05) is 19.1 Å². The highest BCUT2D eigenvalue weighted by Gasteiger charge is 2.35. The van der Waals surface area contributed by atoms with Crippen molar-refractivity contribution in [1.29, 1.82) is 0 Å². The van der Waals surface area contributed by atoms with Crippen LogP contribution in [0.2, 0.25) is 0 Å². The average Bonchev–Trinajstić information content (AvgIpc) is 2.89. The zero-order valence-electron chi connectivity index (χ0n) is 18.0. The lowest BCUT2D eigenvalue weighted by Crippen LogP contribution is -2.40. The standard InChI is InChI=1S/C21H33N3O3S/c1-15(2)24-17(4)20(16(3)22-24)28(26,27)23(14-21(5,6)7)13-19(25)18-11-9-8-10-12-18/h8-12,15,19,25H,13-14H2,1-7H3/t19-/m1/s1. The van der Waals surface area contributed by atoms with E-state index in [-0.39, 0.29) is 22.9 Å². The van der Waals surface area contributed by atoms with Gasteiger partial charge in [0.05, 0.1) is 17.5 Å². The third-order valence-electron chi connectivity index (χ3n) is 4.56. The maximum atomic E-state index is 13.6. The SMILES string of the molecule is Cc1nn(C(C)C)c(C)c1S(=O)(=O)N(C[C@@H](O)c1ccccc1)CC(C)(C)C. The maximum absolute atomic E-state index is 13.6. The normalized spacial score (nSPS) is 14.1. The van der Waals surface area contributed by atoms with Crippen molar-refractivity contribution in [1.82, 2.24) is 14.1 Å². The molecule has 1 aromatic heterocycles. The Morgan fingerprint density at radius 3 is 2.18 bits per heavy atom. The second-order valence-corrected chi connectivity index (χ2v) is 10.7. The van der Waals surface area contributed by atoms with Crippen LogP contribution in [0.4, 0.5) is 0 Å². The molecule has 2 aromatic rings. The molecule has 1 atom stereocenters. The number of hydrogen-bond donors (Lipinski definition) is 1. The highest BCUT2D eigenvalue weighted by molar-refractivity contribution is 7.89. The van der Waals surface area contributed by atoms with Gasteiger partial charge in [-0.2, -0.15) is 9.40 Å². The largest absolute Gasteiger partial charge is 0.387 e. The molecule has 156 valence electrons. The summed E-state index contributed by atoms with van der Waals surface area (Å²) >= 11 is 0. The number of sulfonamides is 1. The van der Waals surface area contributed by atoms with Crippen LogP contribution in [0.5, 0.6) is 0 Å². The van der Waals surface area contributed by atoms with Crippen LogP contribution in [0, 0.1) is 19.3 Å². The summed E-state index contributed by atoms with van der Waals surface area (Å²) in [6, 6.07) is 9.21. The Morgan fingerprint density at radius 2 is 1.71 bits per heavy atom. The van der Waals surface area contributed by atoms with Crippen LogP contribution < -0.4 is 0 Å². The molecule has 0 amide bonds. The van der Waals surface area contributed by atoms with Gasteiger partial charge in [0.25, 0.3) is 0 Å². The first-order chi connectivity index (χ1) is 12.8. The molecule has 0 saturated heterocycles. The zero-order valence-corrected chi connectivity index (χ0v) is 18.8. The Hall–Kier alpha value is -1.70. The summed E-state index contributed by atoms with van der Waals surface area (Å²) in [6.45, 7) is 13.7. The van der Waals surface area contributed by atoms with E-state index >= 15 is 0 Å². The van der Waals surface area contributed by atoms with E-state index in [1.165, 1.54) is 4.31 Å². The quantitative estimate of drug-likeness (QED) is 0.756. The molecular weight excluding hydrogens is 374 g/mol. The molecule has 0 aliphatic heterocycles. The first-order valence-corrected chi connectivity index (χ1v) is 11.1. The van der Waals surface area contributed by atoms with Gasteiger partial charge in [-0.25, -0.2) is 8.42 Å². The lowest BCUT2D eigenvalue weighted by molar-refractivity contribution is 0.134. The Labute approximate surface area is 169 Å². The molecule has 0 bridgehead atoms. The van der Waals surface area contributed by atoms with Crippen LogP contribution in [-0.4, -0.2) is 40.7 Å². The van der Waals surface area contributed by atoms with Crippen molar-refractivity contribution in [3.63, 3.8) is 0 Å². The minimum absolute atomic E-state index is 0.00461. The molecule has 28 heavy (non-hydrogen) atoms. The summed E-state index contributed by atoms with van der Waals surface area (Å²) < 4.78 is 30.4. The minimum Gasteiger partial charge on any atom is -0.387 e. The van der Waals surface area contributed by atoms with E-state index in [9.17, 15) is 13.5 Å². The summed E-state index contributed by atoms with van der Waals surface area (Å²) in [5, 5.41) is 15.1. The molecule has 7 heteroatoms. The number of aliphatic hydroxyl groups is 1. The van der Waals surface area contributed by atoms with E-state index in [1.54, 1.807) is 30.7 Å². The number of aryl methyl sites for hydroxylation is 1. The molecule has 0 radical (unpaired) electrons. The monoisotopic (exact) mass is 407 g/mol. The minimum atomic E-state index is -3.82. The smallest absolute Gasteiger partial charge is 0.246 e. The van der Waals surface area contributed by atoms with Crippen LogP contribution in [0.3, 0.4) is 0 Å². The van der Waals surface area contributed by atoms with Crippen LogP contribution in [-0.2, 0) is 10.0 Å². The predicted molar refractivity (Wildman–Crippen MR) is 112 cm³/mol. The highest BCUT2D eigenvalue weighted by Crippen LogP contribution is 2.29. The third-order valence-corrected chi connectivity index (χ3v) is 6.62. The van der Waals surface area contributed by atoms with Gasteiger partial charge in [0.1, 0.15) is 4.90 Å². The second kappa shape index (κ2) is 8.35. The number of benzene rings is 1. The fourth-order valence-corrected chi connectivity index (χ4v) is 5.44. The molecule has 0 fully saturated rings. The van der Waals surface area contributed by atoms with Crippen molar-refractivity contribution in [2.75, 3.05) is 13.1 Å². The molecule has 1 heterocycles. The van der Waals surface area contributed by atoms with Crippen molar-refractivity contribution >= 4 is 10.0 Å². The van der Waals surface area contributed by atoms with E-state index < -0.39 is 16.1 Å². The lowest BCUT2D eigenvalue weighted by Gasteiger charge is -2.31. The first-order valence-electron chi connectivity index (χ1n) is 9.63. The predicted octanol–water partition coefficient (Wildman–Crippen LogP) is 3.85. The summed E-state index contributed by atoms with van der Waals surface area (Å²) in [4.78, 5) is 0.241. The van der Waals surface area contributed by atoms with Crippen LogP contribution >= 0.6 is 0 Å². The molecule has 0 aliphatic carbocycles. The lowest BCUT2D eigenvalue weighted by atomic mass is 9.97. The number of rotatable bonds is 7. The molecule has 1 N–H and O–H groups in total. The number of aromatic nitrogens is 2. The van der Waals surface area contributed by atoms with Gasteiger partial charge in [0.2, 0.25) is 10.0 Å². The Morgan fingerprint density at radius 1 is 1.14 bits per heavy atom. The molecule has 6 nitrogen and oxygen atoms in total. The van der Waals surface area contributed by atoms with Crippen molar-refractivity contribution in [2.45, 2.75) is 65.5 Å². The topological polar surface area (TPSA) is 75.4 Å². The Kier molecular flexibility index (Phi) is 6.74. The van der Waals surface area contributed by atoms with Gasteiger partial charge >= 0.3 is 0 Å². The van der Waals surface area contributed by atoms with E-state index in [1.807, 2.05) is 52.8 Å². The van der Waals surface area contributed by atoms with Crippen molar-refractivity contribution in [2.24, 2.45) is 5.41 Å². The van der Waals surface area contributed by atoms with Crippen molar-refractivity contribution in [3.8, 4) is 0 Å². The Balaban J connectivity index is 2.48. The summed E-state index contributed by atoms with van der Waals surface area (Å²) in [7, 11) is -3.82. The molecule has 1 aromatic carbocycles. The van der Waals surface area contributed by atoms with Crippen LogP contribution in [0.15, 0.2) is 35.2 Å². The van der Waals surface area contributed by atoms with Crippen LogP contribution in [0.1, 0.15) is 63.7 Å². The second-order valence-electron chi connectivity index (χ2n) is 8.82. The molecular formula is C21H33N3O3S. The average molecular weight is 408 g/mol. The fraction of sp³-hybridized carbons (Fsp3) is 0.571. The van der Waals surface area contributed by atoms with Crippen molar-refractivity contribution < 1.29 is 13.5 Å². The molecule has 0 spiro atoms. The van der Waals surface area contributed by atoms with Crippen molar-refractivity contribution in [3.05, 3.63) is 47.3 Å². The third kappa shape index (κ3) is 5.01. The van der Waals surface area contributed by atoms with E-state index in [2.05, 4.69) is 5.10 Å². The zero-order chi connectivity index (χ0) is 21.3. The molecule has 0 aliphatic rings. The van der Waals surface area contributed by atoms with E-state index in [4.69, 9.17) is 0 Å². The van der Waals surface area contributed by atoms with Gasteiger partial charge < -0.3 is 5.11 Å². The summed E-state index contributed by atoms with van der Waals surface area (Å²) in [6.07, 6.45) is -0.904. The van der Waals surface area contributed by atoms with Crippen LogP contribution in [0.25, 0.3) is 0 Å². The fourth-order valence-electron chi connectivity index (χ4n) is 3.40.